The summed E-state index contributed by atoms with van der Waals surface area (Å²) in [5, 5.41) is 3.49. The van der Waals surface area contributed by atoms with Gasteiger partial charge in [0, 0.05) is 41.4 Å². The summed E-state index contributed by atoms with van der Waals surface area (Å²) in [4.78, 5) is 20.2. The number of benzene rings is 2. The van der Waals surface area contributed by atoms with Crippen LogP contribution in [0.25, 0.3) is 0 Å². The number of hydrogen-bond donors (Lipinski definition) is 1. The van der Waals surface area contributed by atoms with E-state index in [2.05, 4.69) is 63.6 Å². The number of halogens is 1. The molecule has 0 aliphatic carbocycles. The molecule has 3 heterocycles. The molecule has 2 bridgehead atoms. The van der Waals surface area contributed by atoms with Crippen LogP contribution < -0.4 is 10.2 Å². The summed E-state index contributed by atoms with van der Waals surface area (Å²) in [6.45, 7) is 2.72. The Balaban J connectivity index is 0.00000192. The van der Waals surface area contributed by atoms with Gasteiger partial charge in [0.2, 0.25) is 5.91 Å². The van der Waals surface area contributed by atoms with E-state index in [1.165, 1.54) is 27.6 Å². The van der Waals surface area contributed by atoms with Crippen LogP contribution in [-0.2, 0) is 4.79 Å². The first-order valence-corrected chi connectivity index (χ1v) is 10.8. The van der Waals surface area contributed by atoms with E-state index in [1.807, 2.05) is 11.8 Å². The summed E-state index contributed by atoms with van der Waals surface area (Å²) >= 11 is 1.82. The van der Waals surface area contributed by atoms with Crippen LogP contribution in [0.15, 0.2) is 58.3 Å². The summed E-state index contributed by atoms with van der Waals surface area (Å²) < 4.78 is 0. The number of carbonyl (C=O) groups is 1. The molecular weight excluding hydrogens is 390 g/mol. The lowest BCUT2D eigenvalue weighted by molar-refractivity contribution is -0.133. The molecule has 3 aliphatic heterocycles. The van der Waals surface area contributed by atoms with Crippen molar-refractivity contribution < 1.29 is 4.79 Å². The van der Waals surface area contributed by atoms with Crippen molar-refractivity contribution in [1.29, 1.82) is 0 Å². The molecule has 3 aliphatic rings. The maximum absolute atomic E-state index is 13.1. The number of nitrogens with one attached hydrogen (secondary N) is 1. The lowest BCUT2D eigenvalue weighted by atomic mass is 10.1. The second-order valence-electron chi connectivity index (χ2n) is 7.62. The fourth-order valence-corrected chi connectivity index (χ4v) is 5.84. The molecule has 2 unspecified atom stereocenters. The predicted molar refractivity (Wildman–Crippen MR) is 117 cm³/mol. The fourth-order valence-electron chi connectivity index (χ4n) is 4.75. The van der Waals surface area contributed by atoms with Crippen LogP contribution in [-0.4, -0.2) is 42.5 Å². The van der Waals surface area contributed by atoms with E-state index >= 15 is 0 Å². The molecule has 2 aromatic rings. The Bertz CT molecular complexity index is 802. The second kappa shape index (κ2) is 8.36. The molecule has 0 spiro atoms. The normalized spacial score (nSPS) is 22.7. The Labute approximate surface area is 177 Å². The molecule has 2 atom stereocenters. The zero-order valence-electron chi connectivity index (χ0n) is 15.8. The molecule has 0 aromatic heterocycles. The molecule has 0 saturated carbocycles. The van der Waals surface area contributed by atoms with Crippen molar-refractivity contribution >= 4 is 41.5 Å². The molecule has 2 saturated heterocycles. The molecule has 148 valence electrons. The average Bonchev–Trinajstić information content (AvgIpc) is 2.97. The van der Waals surface area contributed by atoms with Gasteiger partial charge in [-0.25, -0.2) is 0 Å². The Kier molecular flexibility index (Phi) is 5.85. The molecular formula is C22H26ClN3OS. The minimum Gasteiger partial charge on any atom is -0.339 e. The van der Waals surface area contributed by atoms with Crippen LogP contribution in [0.3, 0.4) is 0 Å². The first-order valence-electron chi connectivity index (χ1n) is 9.96. The van der Waals surface area contributed by atoms with Gasteiger partial charge in [0.1, 0.15) is 0 Å². The van der Waals surface area contributed by atoms with E-state index < -0.39 is 0 Å². The molecule has 4 nitrogen and oxygen atoms in total. The van der Waals surface area contributed by atoms with Gasteiger partial charge in [0.25, 0.3) is 0 Å². The fraction of sp³-hybridized carbons (Fsp3) is 0.409. The number of para-hydroxylation sites is 2. The van der Waals surface area contributed by atoms with Gasteiger partial charge in [-0.2, -0.15) is 0 Å². The van der Waals surface area contributed by atoms with Crippen LogP contribution in [0.2, 0.25) is 0 Å². The highest BCUT2D eigenvalue weighted by molar-refractivity contribution is 7.99. The van der Waals surface area contributed by atoms with Gasteiger partial charge in [-0.1, -0.05) is 36.0 Å². The van der Waals surface area contributed by atoms with Gasteiger partial charge in [-0.15, -0.1) is 12.4 Å². The molecule has 1 amide bonds. The van der Waals surface area contributed by atoms with Gasteiger partial charge in [-0.3, -0.25) is 4.79 Å². The zero-order chi connectivity index (χ0) is 18.2. The van der Waals surface area contributed by atoms with Gasteiger partial charge in [0.15, 0.2) is 0 Å². The SMILES string of the molecule is Cl.O=C(CCN1c2ccccc2Sc2ccccc21)N1C2CCNCC1CC2. The largest absolute Gasteiger partial charge is 0.339 e. The van der Waals surface area contributed by atoms with Crippen molar-refractivity contribution in [3.8, 4) is 0 Å². The van der Waals surface area contributed by atoms with E-state index in [-0.39, 0.29) is 12.4 Å². The highest BCUT2D eigenvalue weighted by atomic mass is 35.5. The monoisotopic (exact) mass is 415 g/mol. The Morgan fingerprint density at radius 1 is 0.964 bits per heavy atom. The van der Waals surface area contributed by atoms with E-state index in [1.54, 1.807) is 0 Å². The number of amides is 1. The Morgan fingerprint density at radius 2 is 1.61 bits per heavy atom. The van der Waals surface area contributed by atoms with E-state index in [0.717, 1.165) is 32.5 Å². The summed E-state index contributed by atoms with van der Waals surface area (Å²) in [7, 11) is 0. The molecule has 0 radical (unpaired) electrons. The maximum atomic E-state index is 13.1. The number of carbonyl (C=O) groups excluding carboxylic acids is 1. The van der Waals surface area contributed by atoms with Crippen LogP contribution in [0, 0.1) is 0 Å². The predicted octanol–water partition coefficient (Wildman–Crippen LogP) is 4.45. The highest BCUT2D eigenvalue weighted by Crippen LogP contribution is 2.47. The number of rotatable bonds is 3. The Morgan fingerprint density at radius 3 is 2.32 bits per heavy atom. The van der Waals surface area contributed by atoms with Crippen molar-refractivity contribution in [2.24, 2.45) is 0 Å². The average molecular weight is 416 g/mol. The molecule has 1 N–H and O–H groups in total. The summed E-state index contributed by atoms with van der Waals surface area (Å²) in [5.41, 5.74) is 2.43. The quantitative estimate of drug-likeness (QED) is 0.803. The minimum absolute atomic E-state index is 0. The zero-order valence-corrected chi connectivity index (χ0v) is 17.5. The third-order valence-corrected chi connectivity index (χ3v) is 7.15. The molecule has 28 heavy (non-hydrogen) atoms. The lowest BCUT2D eigenvalue weighted by Crippen LogP contribution is -2.43. The Hall–Kier alpha value is -1.69. The summed E-state index contributed by atoms with van der Waals surface area (Å²) in [6.07, 6.45) is 3.98. The smallest absolute Gasteiger partial charge is 0.224 e. The van der Waals surface area contributed by atoms with Gasteiger partial charge >= 0.3 is 0 Å². The molecule has 6 heteroatoms. The maximum Gasteiger partial charge on any atom is 0.224 e. The topological polar surface area (TPSA) is 35.6 Å². The van der Waals surface area contributed by atoms with Crippen molar-refractivity contribution in [2.75, 3.05) is 24.5 Å². The number of fused-ring (bicyclic) bond motifs is 4. The van der Waals surface area contributed by atoms with Crippen molar-refractivity contribution in [2.45, 2.75) is 47.6 Å². The van der Waals surface area contributed by atoms with Crippen LogP contribution in [0.5, 0.6) is 0 Å². The number of nitrogens with zero attached hydrogens (tertiary/aromatic N) is 2. The molecule has 2 aromatic carbocycles. The molecule has 5 rings (SSSR count). The number of hydrogen-bond acceptors (Lipinski definition) is 4. The van der Waals surface area contributed by atoms with Gasteiger partial charge < -0.3 is 15.1 Å². The lowest BCUT2D eigenvalue weighted by Gasteiger charge is -2.34. The van der Waals surface area contributed by atoms with Crippen molar-refractivity contribution in [3.63, 3.8) is 0 Å². The summed E-state index contributed by atoms with van der Waals surface area (Å²) in [5.74, 6) is 0.319. The van der Waals surface area contributed by atoms with E-state index in [0.29, 0.717) is 24.4 Å². The van der Waals surface area contributed by atoms with Crippen molar-refractivity contribution in [1.82, 2.24) is 10.2 Å². The number of anilines is 2. The van der Waals surface area contributed by atoms with E-state index in [9.17, 15) is 4.79 Å². The van der Waals surface area contributed by atoms with Gasteiger partial charge in [-0.05, 0) is 50.1 Å². The van der Waals surface area contributed by atoms with E-state index in [4.69, 9.17) is 0 Å². The van der Waals surface area contributed by atoms with Crippen LogP contribution in [0.1, 0.15) is 25.7 Å². The van der Waals surface area contributed by atoms with Crippen LogP contribution in [0.4, 0.5) is 11.4 Å². The van der Waals surface area contributed by atoms with Gasteiger partial charge in [0.05, 0.1) is 11.4 Å². The van der Waals surface area contributed by atoms with Crippen LogP contribution >= 0.6 is 24.2 Å². The highest BCUT2D eigenvalue weighted by Gasteiger charge is 2.38. The summed E-state index contributed by atoms with van der Waals surface area (Å²) in [6, 6.07) is 17.9. The third kappa shape index (κ3) is 3.51. The third-order valence-electron chi connectivity index (χ3n) is 6.02. The first-order chi connectivity index (χ1) is 13.3. The standard InChI is InChI=1S/C22H25N3OS.ClH/c26-22(25-16-9-10-17(25)15-23-13-11-16)12-14-24-18-5-1-3-7-20(18)27-21-8-4-2-6-19(21)24;/h1-8,16-17,23H,9-15H2;1H. The second-order valence-corrected chi connectivity index (χ2v) is 8.70. The first kappa shape index (κ1) is 19.6. The molecule has 2 fully saturated rings. The van der Waals surface area contributed by atoms with Crippen molar-refractivity contribution in [3.05, 3.63) is 48.5 Å². The minimum atomic E-state index is 0.